The first-order valence-corrected chi connectivity index (χ1v) is 9.65. The number of ether oxygens (including phenoxy) is 1. The summed E-state index contributed by atoms with van der Waals surface area (Å²) >= 11 is 12.6. The maximum absolute atomic E-state index is 6.40. The summed E-state index contributed by atoms with van der Waals surface area (Å²) in [6, 6.07) is 20.8. The first-order chi connectivity index (χ1) is 14.1. The normalized spacial score (nSPS) is 11.3. The zero-order chi connectivity index (χ0) is 20.0. The molecule has 0 aliphatic heterocycles. The van der Waals surface area contributed by atoms with E-state index in [1.807, 2.05) is 71.3 Å². The van der Waals surface area contributed by atoms with Crippen molar-refractivity contribution in [1.29, 1.82) is 0 Å². The van der Waals surface area contributed by atoms with E-state index in [-0.39, 0.29) is 0 Å². The SMILES string of the molecule is COc1ccc(-n2c(-c3cccc(Cl)c3)nc3nc4ccccc4nc32)cc1Cl. The van der Waals surface area contributed by atoms with Gasteiger partial charge in [0.25, 0.3) is 0 Å². The van der Waals surface area contributed by atoms with Gasteiger partial charge in [-0.05, 0) is 42.5 Å². The monoisotopic (exact) mass is 420 g/mol. The lowest BCUT2D eigenvalue weighted by molar-refractivity contribution is 0.415. The summed E-state index contributed by atoms with van der Waals surface area (Å²) in [5.74, 6) is 1.28. The Labute approximate surface area is 176 Å². The van der Waals surface area contributed by atoms with E-state index >= 15 is 0 Å². The predicted molar refractivity (Wildman–Crippen MR) is 116 cm³/mol. The van der Waals surface area contributed by atoms with Crippen LogP contribution in [0.1, 0.15) is 0 Å². The van der Waals surface area contributed by atoms with Crippen LogP contribution in [0.25, 0.3) is 39.4 Å². The Morgan fingerprint density at radius 3 is 2.34 bits per heavy atom. The summed E-state index contributed by atoms with van der Waals surface area (Å²) in [5.41, 5.74) is 4.42. The standard InChI is InChI=1S/C22H14Cl2N4O/c1-29-19-10-9-15(12-16(19)24)28-21(13-5-4-6-14(23)11-13)27-20-22(28)26-18-8-3-2-7-17(18)25-20/h2-12H,1H3. The highest BCUT2D eigenvalue weighted by Gasteiger charge is 2.18. The molecule has 0 aliphatic rings. The van der Waals surface area contributed by atoms with Gasteiger partial charge in [-0.25, -0.2) is 15.0 Å². The van der Waals surface area contributed by atoms with E-state index in [0.717, 1.165) is 22.3 Å². The number of halogens is 2. The van der Waals surface area contributed by atoms with Crippen LogP contribution in [-0.4, -0.2) is 26.6 Å². The second-order valence-corrected chi connectivity index (χ2v) is 7.30. The maximum atomic E-state index is 6.40. The highest BCUT2D eigenvalue weighted by molar-refractivity contribution is 6.32. The van der Waals surface area contributed by atoms with Crippen LogP contribution in [0.15, 0.2) is 66.7 Å². The molecule has 0 atom stereocenters. The molecule has 0 aliphatic carbocycles. The summed E-state index contributed by atoms with van der Waals surface area (Å²) in [6.45, 7) is 0. The molecule has 2 aromatic heterocycles. The van der Waals surface area contributed by atoms with E-state index in [1.165, 1.54) is 0 Å². The smallest absolute Gasteiger partial charge is 0.199 e. The van der Waals surface area contributed by atoms with Gasteiger partial charge in [0.1, 0.15) is 11.6 Å². The third-order valence-corrected chi connectivity index (χ3v) is 5.18. The van der Waals surface area contributed by atoms with Crippen LogP contribution in [0.4, 0.5) is 0 Å². The fraction of sp³-hybridized carbons (Fsp3) is 0.0455. The van der Waals surface area contributed by atoms with Gasteiger partial charge in [0.15, 0.2) is 11.3 Å². The Morgan fingerprint density at radius 1 is 0.828 bits per heavy atom. The molecule has 7 heteroatoms. The van der Waals surface area contributed by atoms with Crippen LogP contribution in [-0.2, 0) is 0 Å². The topological polar surface area (TPSA) is 52.8 Å². The molecule has 2 heterocycles. The summed E-state index contributed by atoms with van der Waals surface area (Å²) in [5, 5.41) is 1.12. The van der Waals surface area contributed by atoms with Gasteiger partial charge in [0.05, 0.1) is 28.9 Å². The van der Waals surface area contributed by atoms with Gasteiger partial charge in [-0.3, -0.25) is 4.57 Å². The molecule has 0 bridgehead atoms. The van der Waals surface area contributed by atoms with E-state index < -0.39 is 0 Å². The molecular formula is C22H14Cl2N4O. The van der Waals surface area contributed by atoms with Crippen molar-refractivity contribution < 1.29 is 4.74 Å². The zero-order valence-corrected chi connectivity index (χ0v) is 16.8. The molecule has 5 aromatic rings. The van der Waals surface area contributed by atoms with Gasteiger partial charge >= 0.3 is 0 Å². The summed E-state index contributed by atoms with van der Waals surface area (Å²) in [6.07, 6.45) is 0. The molecule has 142 valence electrons. The number of rotatable bonds is 3. The number of methoxy groups -OCH3 is 1. The zero-order valence-electron chi connectivity index (χ0n) is 15.3. The molecule has 0 N–H and O–H groups in total. The molecule has 0 spiro atoms. The molecule has 0 fully saturated rings. The van der Waals surface area contributed by atoms with Crippen LogP contribution < -0.4 is 4.74 Å². The molecular weight excluding hydrogens is 407 g/mol. The number of para-hydroxylation sites is 2. The number of aromatic nitrogens is 4. The summed E-state index contributed by atoms with van der Waals surface area (Å²) in [7, 11) is 1.59. The van der Waals surface area contributed by atoms with Crippen LogP contribution in [0.2, 0.25) is 10.0 Å². The van der Waals surface area contributed by atoms with Crippen molar-refractivity contribution in [3.8, 4) is 22.8 Å². The molecule has 0 saturated carbocycles. The Hall–Kier alpha value is -3.15. The van der Waals surface area contributed by atoms with Gasteiger partial charge in [-0.1, -0.05) is 47.5 Å². The van der Waals surface area contributed by atoms with Gasteiger partial charge in [-0.15, -0.1) is 0 Å². The van der Waals surface area contributed by atoms with Crippen LogP contribution in [0.5, 0.6) is 5.75 Å². The minimum atomic E-state index is 0.498. The third-order valence-electron chi connectivity index (χ3n) is 4.65. The van der Waals surface area contributed by atoms with Crippen molar-refractivity contribution in [2.75, 3.05) is 7.11 Å². The summed E-state index contributed by atoms with van der Waals surface area (Å²) < 4.78 is 7.23. The van der Waals surface area contributed by atoms with E-state index in [0.29, 0.717) is 32.9 Å². The Bertz CT molecular complexity index is 1380. The largest absolute Gasteiger partial charge is 0.495 e. The lowest BCUT2D eigenvalue weighted by Gasteiger charge is -2.11. The highest BCUT2D eigenvalue weighted by atomic mass is 35.5. The Kier molecular flexibility index (Phi) is 4.34. The molecule has 0 unspecified atom stereocenters. The first kappa shape index (κ1) is 17.9. The number of benzene rings is 3. The Balaban J connectivity index is 1.86. The van der Waals surface area contributed by atoms with Crippen LogP contribution >= 0.6 is 23.2 Å². The molecule has 5 rings (SSSR count). The number of imidazole rings is 1. The number of fused-ring (bicyclic) bond motifs is 2. The van der Waals surface area contributed by atoms with Crippen molar-refractivity contribution >= 4 is 45.5 Å². The van der Waals surface area contributed by atoms with Crippen molar-refractivity contribution in [3.63, 3.8) is 0 Å². The molecule has 0 amide bonds. The van der Waals surface area contributed by atoms with Gasteiger partial charge < -0.3 is 4.74 Å². The number of hydrogen-bond acceptors (Lipinski definition) is 4. The average molecular weight is 421 g/mol. The third kappa shape index (κ3) is 3.09. The van der Waals surface area contributed by atoms with Crippen LogP contribution in [0.3, 0.4) is 0 Å². The van der Waals surface area contributed by atoms with Crippen molar-refractivity contribution in [1.82, 2.24) is 19.5 Å². The van der Waals surface area contributed by atoms with E-state index in [4.69, 9.17) is 42.9 Å². The Morgan fingerprint density at radius 2 is 1.62 bits per heavy atom. The second kappa shape index (κ2) is 7.03. The predicted octanol–water partition coefficient (Wildman–Crippen LogP) is 5.95. The quantitative estimate of drug-likeness (QED) is 0.361. The fourth-order valence-corrected chi connectivity index (χ4v) is 3.76. The molecule has 0 radical (unpaired) electrons. The molecule has 0 saturated heterocycles. The van der Waals surface area contributed by atoms with Crippen LogP contribution in [0, 0.1) is 0 Å². The van der Waals surface area contributed by atoms with E-state index in [2.05, 4.69) is 0 Å². The minimum absolute atomic E-state index is 0.498. The van der Waals surface area contributed by atoms with Crippen molar-refractivity contribution in [2.24, 2.45) is 0 Å². The first-order valence-electron chi connectivity index (χ1n) is 8.89. The van der Waals surface area contributed by atoms with Crippen molar-refractivity contribution in [2.45, 2.75) is 0 Å². The van der Waals surface area contributed by atoms with Gasteiger partial charge in [0, 0.05) is 10.6 Å². The van der Waals surface area contributed by atoms with Crippen molar-refractivity contribution in [3.05, 3.63) is 76.8 Å². The molecule has 3 aromatic carbocycles. The number of nitrogens with zero attached hydrogens (tertiary/aromatic N) is 4. The highest BCUT2D eigenvalue weighted by Crippen LogP contribution is 2.33. The lowest BCUT2D eigenvalue weighted by Crippen LogP contribution is -2.00. The summed E-state index contributed by atoms with van der Waals surface area (Å²) in [4.78, 5) is 14.3. The second-order valence-electron chi connectivity index (χ2n) is 6.46. The minimum Gasteiger partial charge on any atom is -0.495 e. The molecule has 29 heavy (non-hydrogen) atoms. The maximum Gasteiger partial charge on any atom is 0.199 e. The van der Waals surface area contributed by atoms with Gasteiger partial charge in [-0.2, -0.15) is 0 Å². The van der Waals surface area contributed by atoms with Gasteiger partial charge in [0.2, 0.25) is 0 Å². The number of hydrogen-bond donors (Lipinski definition) is 0. The fourth-order valence-electron chi connectivity index (χ4n) is 3.32. The van der Waals surface area contributed by atoms with E-state index in [1.54, 1.807) is 7.11 Å². The lowest BCUT2D eigenvalue weighted by atomic mass is 10.2. The van der Waals surface area contributed by atoms with E-state index in [9.17, 15) is 0 Å². The average Bonchev–Trinajstić information content (AvgIpc) is 3.10. The molecule has 5 nitrogen and oxygen atoms in total.